The van der Waals surface area contributed by atoms with E-state index < -0.39 is 23.1 Å². The Morgan fingerprint density at radius 1 is 1.24 bits per heavy atom. The molecule has 2 fully saturated rings. The number of carbonyl (C=O) groups excluding carboxylic acids is 1. The fraction of sp³-hybridized carbons (Fsp3) is 0.867. The molecule has 1 aliphatic heterocycles. The van der Waals surface area contributed by atoms with Crippen LogP contribution in [-0.4, -0.2) is 40.9 Å². The van der Waals surface area contributed by atoms with E-state index in [1.165, 1.54) is 0 Å². The van der Waals surface area contributed by atoms with E-state index in [0.717, 1.165) is 19.3 Å². The molecule has 2 amide bonds. The lowest BCUT2D eigenvalue weighted by molar-refractivity contribution is -0.146. The zero-order chi connectivity index (χ0) is 15.7. The molecule has 0 aromatic carbocycles. The summed E-state index contributed by atoms with van der Waals surface area (Å²) in [7, 11) is 0. The topological polar surface area (TPSA) is 87.7 Å². The standard InChI is InChI=1S/C15H26N2O4/c1-10-5-4-6-15(9-10,12(18)19)17-13(20)16-14(3)7-8-21-11(14)2/h10-11H,4-9H2,1-3H3,(H,18,19)(H2,16,17,20). The van der Waals surface area contributed by atoms with Crippen LogP contribution in [0.3, 0.4) is 0 Å². The summed E-state index contributed by atoms with van der Waals surface area (Å²) in [5, 5.41) is 15.2. The van der Waals surface area contributed by atoms with Gasteiger partial charge in [-0.2, -0.15) is 0 Å². The average Bonchev–Trinajstić information content (AvgIpc) is 2.68. The van der Waals surface area contributed by atoms with Crippen LogP contribution in [0, 0.1) is 5.92 Å². The maximum Gasteiger partial charge on any atom is 0.329 e. The Morgan fingerprint density at radius 3 is 2.48 bits per heavy atom. The number of nitrogens with one attached hydrogen (secondary N) is 2. The average molecular weight is 298 g/mol. The van der Waals surface area contributed by atoms with Gasteiger partial charge in [0.25, 0.3) is 0 Å². The van der Waals surface area contributed by atoms with Gasteiger partial charge in [0.1, 0.15) is 5.54 Å². The van der Waals surface area contributed by atoms with Gasteiger partial charge in [-0.25, -0.2) is 9.59 Å². The summed E-state index contributed by atoms with van der Waals surface area (Å²) in [4.78, 5) is 24.0. The highest BCUT2D eigenvalue weighted by molar-refractivity contribution is 5.86. The summed E-state index contributed by atoms with van der Waals surface area (Å²) in [6.07, 6.45) is 3.47. The van der Waals surface area contributed by atoms with Gasteiger partial charge in [0.2, 0.25) is 0 Å². The predicted molar refractivity (Wildman–Crippen MR) is 78.1 cm³/mol. The third-order valence-electron chi connectivity index (χ3n) is 5.05. The zero-order valence-electron chi connectivity index (χ0n) is 13.1. The van der Waals surface area contributed by atoms with Crippen LogP contribution in [0.4, 0.5) is 4.79 Å². The number of carbonyl (C=O) groups is 2. The molecule has 1 saturated carbocycles. The molecule has 0 spiro atoms. The zero-order valence-corrected chi connectivity index (χ0v) is 13.1. The van der Waals surface area contributed by atoms with Crippen molar-refractivity contribution < 1.29 is 19.4 Å². The van der Waals surface area contributed by atoms with Crippen molar-refractivity contribution in [3.63, 3.8) is 0 Å². The van der Waals surface area contributed by atoms with Crippen LogP contribution in [0.2, 0.25) is 0 Å². The quantitative estimate of drug-likeness (QED) is 0.742. The van der Waals surface area contributed by atoms with Gasteiger partial charge in [-0.1, -0.05) is 19.8 Å². The number of hydrogen-bond donors (Lipinski definition) is 3. The smallest absolute Gasteiger partial charge is 0.329 e. The van der Waals surface area contributed by atoms with E-state index in [1.54, 1.807) is 0 Å². The summed E-state index contributed by atoms with van der Waals surface area (Å²) in [5.74, 6) is -0.635. The summed E-state index contributed by atoms with van der Waals surface area (Å²) in [5.41, 5.74) is -1.58. The molecule has 2 rings (SSSR count). The molecular formula is C15H26N2O4. The molecule has 1 heterocycles. The second kappa shape index (κ2) is 5.83. The molecule has 3 N–H and O–H groups in total. The number of urea groups is 1. The Morgan fingerprint density at radius 2 is 1.95 bits per heavy atom. The van der Waals surface area contributed by atoms with E-state index in [1.807, 2.05) is 20.8 Å². The van der Waals surface area contributed by atoms with Crippen molar-refractivity contribution >= 4 is 12.0 Å². The molecular weight excluding hydrogens is 272 g/mol. The van der Waals surface area contributed by atoms with Crippen molar-refractivity contribution in [1.82, 2.24) is 10.6 Å². The predicted octanol–water partition coefficient (Wildman–Crippen LogP) is 1.89. The molecule has 4 unspecified atom stereocenters. The normalized spacial score (nSPS) is 39.8. The van der Waals surface area contributed by atoms with Gasteiger partial charge in [-0.15, -0.1) is 0 Å². The molecule has 0 bridgehead atoms. The number of rotatable bonds is 3. The van der Waals surface area contributed by atoms with E-state index in [0.29, 0.717) is 25.4 Å². The van der Waals surface area contributed by atoms with Crippen LogP contribution in [0.5, 0.6) is 0 Å². The first-order chi connectivity index (χ1) is 9.77. The fourth-order valence-electron chi connectivity index (χ4n) is 3.42. The van der Waals surface area contributed by atoms with Crippen molar-refractivity contribution in [2.75, 3.05) is 6.61 Å². The van der Waals surface area contributed by atoms with Crippen molar-refractivity contribution in [2.45, 2.75) is 70.1 Å². The lowest BCUT2D eigenvalue weighted by Gasteiger charge is -2.38. The van der Waals surface area contributed by atoms with Gasteiger partial charge < -0.3 is 20.5 Å². The SMILES string of the molecule is CC1CCCC(NC(=O)NC2(C)CCOC2C)(C(=O)O)C1. The summed E-state index contributed by atoms with van der Waals surface area (Å²) in [6.45, 7) is 6.49. The number of carboxylic acids is 1. The first kappa shape index (κ1) is 16.1. The Labute approximate surface area is 125 Å². The van der Waals surface area contributed by atoms with Crippen molar-refractivity contribution in [3.8, 4) is 0 Å². The van der Waals surface area contributed by atoms with Crippen LogP contribution in [0.25, 0.3) is 0 Å². The lowest BCUT2D eigenvalue weighted by atomic mass is 9.76. The largest absolute Gasteiger partial charge is 0.480 e. The Balaban J connectivity index is 2.04. The van der Waals surface area contributed by atoms with Crippen LogP contribution in [0.1, 0.15) is 52.9 Å². The maximum atomic E-state index is 12.3. The van der Waals surface area contributed by atoms with Gasteiger partial charge in [0.15, 0.2) is 0 Å². The van der Waals surface area contributed by atoms with Crippen LogP contribution in [0.15, 0.2) is 0 Å². The highest BCUT2D eigenvalue weighted by Crippen LogP contribution is 2.33. The number of carboxylic acid groups (broad SMARTS) is 1. The Bertz CT molecular complexity index is 428. The minimum atomic E-state index is -1.14. The molecule has 6 nitrogen and oxygen atoms in total. The second-order valence-corrected chi connectivity index (χ2v) is 6.85. The number of aliphatic carboxylic acids is 1. The Kier molecular flexibility index (Phi) is 4.46. The van der Waals surface area contributed by atoms with E-state index in [-0.39, 0.29) is 6.10 Å². The minimum Gasteiger partial charge on any atom is -0.480 e. The summed E-state index contributed by atoms with van der Waals surface area (Å²) in [6, 6.07) is -0.411. The lowest BCUT2D eigenvalue weighted by Crippen LogP contribution is -2.62. The molecule has 21 heavy (non-hydrogen) atoms. The van der Waals surface area contributed by atoms with Gasteiger partial charge in [-0.05, 0) is 39.0 Å². The molecule has 1 saturated heterocycles. The first-order valence-electron chi connectivity index (χ1n) is 7.73. The van der Waals surface area contributed by atoms with Gasteiger partial charge in [-0.3, -0.25) is 0 Å². The highest BCUT2D eigenvalue weighted by Gasteiger charge is 2.45. The molecule has 1 aliphatic carbocycles. The van der Waals surface area contributed by atoms with E-state index in [2.05, 4.69) is 10.6 Å². The van der Waals surface area contributed by atoms with E-state index >= 15 is 0 Å². The number of amides is 2. The van der Waals surface area contributed by atoms with Crippen molar-refractivity contribution in [1.29, 1.82) is 0 Å². The van der Waals surface area contributed by atoms with E-state index in [4.69, 9.17) is 4.74 Å². The number of hydrogen-bond acceptors (Lipinski definition) is 3. The summed E-state index contributed by atoms with van der Waals surface area (Å²) >= 11 is 0. The minimum absolute atomic E-state index is 0.0747. The molecule has 4 atom stereocenters. The van der Waals surface area contributed by atoms with Crippen LogP contribution < -0.4 is 10.6 Å². The molecule has 120 valence electrons. The second-order valence-electron chi connectivity index (χ2n) is 6.85. The Hall–Kier alpha value is -1.30. The monoisotopic (exact) mass is 298 g/mol. The van der Waals surface area contributed by atoms with Crippen LogP contribution in [-0.2, 0) is 9.53 Å². The number of ether oxygens (including phenoxy) is 1. The van der Waals surface area contributed by atoms with Crippen molar-refractivity contribution in [2.24, 2.45) is 5.92 Å². The molecule has 2 aliphatic rings. The summed E-state index contributed by atoms with van der Waals surface area (Å²) < 4.78 is 5.49. The molecule has 0 radical (unpaired) electrons. The van der Waals surface area contributed by atoms with Crippen molar-refractivity contribution in [3.05, 3.63) is 0 Å². The molecule has 0 aromatic heterocycles. The van der Waals surface area contributed by atoms with E-state index in [9.17, 15) is 14.7 Å². The molecule has 0 aromatic rings. The van der Waals surface area contributed by atoms with Crippen LogP contribution >= 0.6 is 0 Å². The molecule has 6 heteroatoms. The fourth-order valence-corrected chi connectivity index (χ4v) is 3.42. The third-order valence-corrected chi connectivity index (χ3v) is 5.05. The van der Waals surface area contributed by atoms with Gasteiger partial charge in [0.05, 0.1) is 11.6 Å². The maximum absolute atomic E-state index is 12.3. The van der Waals surface area contributed by atoms with Gasteiger partial charge >= 0.3 is 12.0 Å². The highest BCUT2D eigenvalue weighted by atomic mass is 16.5. The third kappa shape index (κ3) is 3.31. The van der Waals surface area contributed by atoms with Gasteiger partial charge in [0, 0.05) is 6.61 Å². The first-order valence-corrected chi connectivity index (χ1v) is 7.73.